The number of imidazole rings is 1. The number of hydrogen-bond donors (Lipinski definition) is 1. The smallest absolute Gasteiger partial charge is 0.140 e. The number of anilines is 1. The van der Waals surface area contributed by atoms with Crippen molar-refractivity contribution in [1.29, 1.82) is 5.26 Å². The number of nitrogens with zero attached hydrogens (tertiary/aromatic N) is 5. The molecule has 1 aliphatic rings. The Bertz CT molecular complexity index is 1760. The number of ether oxygens (including phenoxy) is 4. The molecule has 0 saturated carbocycles. The standard InChI is InChI=1S/C34H33FN6O4/c35-26-16-30(44-22-28-20-38-23-40(28)12-15-43-21-24-4-2-1-3-5-24)18-31(17-26)45-29-8-6-25(7-9-29)33-32(19-36)34(37)41(39-33)27-10-13-42-14-11-27/h1-9,16-18,20,23,27H,10-15,21-22,37H2. The van der Waals surface area contributed by atoms with Crippen LogP contribution in [0.15, 0.2) is 85.3 Å². The second-order valence-electron chi connectivity index (χ2n) is 10.7. The van der Waals surface area contributed by atoms with Crippen molar-refractivity contribution >= 4 is 5.82 Å². The van der Waals surface area contributed by atoms with Crippen molar-refractivity contribution in [1.82, 2.24) is 19.3 Å². The first-order valence-corrected chi connectivity index (χ1v) is 14.8. The molecule has 230 valence electrons. The number of rotatable bonds is 12. The van der Waals surface area contributed by atoms with Crippen LogP contribution in [0.1, 0.15) is 35.7 Å². The molecule has 3 aromatic carbocycles. The lowest BCUT2D eigenvalue weighted by Crippen LogP contribution is -2.21. The molecule has 0 aliphatic carbocycles. The van der Waals surface area contributed by atoms with Crippen LogP contribution in [0.25, 0.3) is 11.3 Å². The second kappa shape index (κ2) is 14.1. The van der Waals surface area contributed by atoms with E-state index in [9.17, 15) is 9.65 Å². The Kier molecular flexibility index (Phi) is 9.34. The summed E-state index contributed by atoms with van der Waals surface area (Å²) < 4.78 is 41.3. The fourth-order valence-electron chi connectivity index (χ4n) is 5.22. The highest BCUT2D eigenvalue weighted by molar-refractivity contribution is 5.73. The molecule has 0 amide bonds. The monoisotopic (exact) mass is 608 g/mol. The van der Waals surface area contributed by atoms with Crippen LogP contribution in [-0.2, 0) is 29.2 Å². The Morgan fingerprint density at radius 3 is 2.53 bits per heavy atom. The number of hydrogen-bond acceptors (Lipinski definition) is 8. The van der Waals surface area contributed by atoms with Crippen LogP contribution in [0.4, 0.5) is 10.2 Å². The molecule has 11 heteroatoms. The summed E-state index contributed by atoms with van der Waals surface area (Å²) in [6.45, 7) is 3.12. The molecule has 2 aromatic heterocycles. The van der Waals surface area contributed by atoms with Crippen LogP contribution in [0.3, 0.4) is 0 Å². The maximum absolute atomic E-state index is 14.5. The summed E-state index contributed by atoms with van der Waals surface area (Å²) >= 11 is 0. The molecule has 5 aromatic rings. The first-order valence-electron chi connectivity index (χ1n) is 14.8. The minimum Gasteiger partial charge on any atom is -0.487 e. The third kappa shape index (κ3) is 7.32. The van der Waals surface area contributed by atoms with Crippen molar-refractivity contribution < 1.29 is 23.3 Å². The van der Waals surface area contributed by atoms with Crippen LogP contribution < -0.4 is 15.2 Å². The molecule has 1 aliphatic heterocycles. The van der Waals surface area contributed by atoms with E-state index >= 15 is 0 Å². The minimum atomic E-state index is -0.491. The largest absolute Gasteiger partial charge is 0.487 e. The Morgan fingerprint density at radius 1 is 0.978 bits per heavy atom. The SMILES string of the molecule is N#Cc1c(-c2ccc(Oc3cc(F)cc(OCc4cncn4CCOCc4ccccc4)c3)cc2)nn(C2CCOCC2)c1N. The Hall–Kier alpha value is -5.18. The van der Waals surface area contributed by atoms with Crippen molar-refractivity contribution in [3.63, 3.8) is 0 Å². The van der Waals surface area contributed by atoms with Crippen LogP contribution in [0, 0.1) is 17.1 Å². The normalized spacial score (nSPS) is 13.4. The van der Waals surface area contributed by atoms with Gasteiger partial charge in [-0.15, -0.1) is 0 Å². The first-order chi connectivity index (χ1) is 22.1. The van der Waals surface area contributed by atoms with Crippen molar-refractivity contribution in [2.24, 2.45) is 0 Å². The fourth-order valence-corrected chi connectivity index (χ4v) is 5.22. The molecule has 0 bridgehead atoms. The van der Waals surface area contributed by atoms with Crippen molar-refractivity contribution in [3.05, 3.63) is 108 Å². The third-order valence-electron chi connectivity index (χ3n) is 7.58. The van der Waals surface area contributed by atoms with E-state index in [0.29, 0.717) is 61.5 Å². The van der Waals surface area contributed by atoms with Crippen LogP contribution in [0.2, 0.25) is 0 Å². The predicted octanol–water partition coefficient (Wildman–Crippen LogP) is 6.28. The van der Waals surface area contributed by atoms with E-state index in [0.717, 1.165) is 29.7 Å². The number of halogens is 1. The molecular weight excluding hydrogens is 575 g/mol. The van der Waals surface area contributed by atoms with Gasteiger partial charge in [0.2, 0.25) is 0 Å². The molecule has 3 heterocycles. The number of nitrogens with two attached hydrogens (primary N) is 1. The zero-order chi connectivity index (χ0) is 31.0. The number of aromatic nitrogens is 4. The third-order valence-corrected chi connectivity index (χ3v) is 7.58. The average molecular weight is 609 g/mol. The summed E-state index contributed by atoms with van der Waals surface area (Å²) in [7, 11) is 0. The van der Waals surface area contributed by atoms with Gasteiger partial charge in [-0.05, 0) is 42.7 Å². The highest BCUT2D eigenvalue weighted by Crippen LogP contribution is 2.34. The maximum Gasteiger partial charge on any atom is 0.140 e. The minimum absolute atomic E-state index is 0.0890. The van der Waals surface area contributed by atoms with Crippen LogP contribution >= 0.6 is 0 Å². The van der Waals surface area contributed by atoms with E-state index in [2.05, 4.69) is 16.2 Å². The van der Waals surface area contributed by atoms with Gasteiger partial charge in [-0.3, -0.25) is 0 Å². The van der Waals surface area contributed by atoms with E-state index in [-0.39, 0.29) is 18.4 Å². The van der Waals surface area contributed by atoms with Crippen molar-refractivity contribution in [3.8, 4) is 34.6 Å². The highest BCUT2D eigenvalue weighted by atomic mass is 19.1. The van der Waals surface area contributed by atoms with Gasteiger partial charge in [-0.25, -0.2) is 14.1 Å². The molecule has 0 atom stereocenters. The quantitative estimate of drug-likeness (QED) is 0.164. The summed E-state index contributed by atoms with van der Waals surface area (Å²) in [6.07, 6.45) is 5.01. The molecule has 0 radical (unpaired) electrons. The van der Waals surface area contributed by atoms with Crippen LogP contribution in [0.5, 0.6) is 17.2 Å². The van der Waals surface area contributed by atoms with Gasteiger partial charge in [0.05, 0.1) is 37.5 Å². The van der Waals surface area contributed by atoms with E-state index in [4.69, 9.17) is 24.7 Å². The summed E-state index contributed by atoms with van der Waals surface area (Å²) in [5.41, 5.74) is 9.82. The highest BCUT2D eigenvalue weighted by Gasteiger charge is 2.24. The number of nitrogen functional groups attached to an aromatic ring is 1. The van der Waals surface area contributed by atoms with E-state index < -0.39 is 5.82 Å². The van der Waals surface area contributed by atoms with Crippen molar-refractivity contribution in [2.45, 2.75) is 38.6 Å². The molecule has 10 nitrogen and oxygen atoms in total. The van der Waals surface area contributed by atoms with Gasteiger partial charge >= 0.3 is 0 Å². The number of benzene rings is 3. The maximum atomic E-state index is 14.5. The van der Waals surface area contributed by atoms with Gasteiger partial charge in [0.15, 0.2) is 0 Å². The summed E-state index contributed by atoms with van der Waals surface area (Å²) in [5.74, 6) is 0.953. The fraction of sp³-hybridized carbons (Fsp3) is 0.265. The lowest BCUT2D eigenvalue weighted by atomic mass is 10.1. The molecule has 0 unspecified atom stereocenters. The van der Waals surface area contributed by atoms with Gasteiger partial charge in [0.25, 0.3) is 0 Å². The second-order valence-corrected chi connectivity index (χ2v) is 10.7. The molecule has 2 N–H and O–H groups in total. The zero-order valence-corrected chi connectivity index (χ0v) is 24.6. The summed E-state index contributed by atoms with van der Waals surface area (Å²) in [5, 5.41) is 14.5. The Labute approximate surface area is 260 Å². The molecule has 45 heavy (non-hydrogen) atoms. The zero-order valence-electron chi connectivity index (χ0n) is 24.6. The van der Waals surface area contributed by atoms with E-state index in [1.54, 1.807) is 47.5 Å². The van der Waals surface area contributed by atoms with E-state index in [1.165, 1.54) is 12.1 Å². The average Bonchev–Trinajstić information content (AvgIpc) is 3.66. The van der Waals surface area contributed by atoms with Crippen LogP contribution in [-0.4, -0.2) is 39.2 Å². The first kappa shape index (κ1) is 29.9. The van der Waals surface area contributed by atoms with Gasteiger partial charge in [-0.1, -0.05) is 30.3 Å². The molecule has 6 rings (SSSR count). The van der Waals surface area contributed by atoms with Gasteiger partial charge in [-0.2, -0.15) is 10.4 Å². The number of nitriles is 1. The predicted molar refractivity (Wildman–Crippen MR) is 165 cm³/mol. The van der Waals surface area contributed by atoms with Crippen molar-refractivity contribution in [2.75, 3.05) is 25.6 Å². The van der Waals surface area contributed by atoms with Gasteiger partial charge in [0.1, 0.15) is 52.8 Å². The lowest BCUT2D eigenvalue weighted by Gasteiger charge is -2.23. The van der Waals surface area contributed by atoms with Gasteiger partial charge in [0, 0.05) is 43.5 Å². The Morgan fingerprint density at radius 2 is 1.76 bits per heavy atom. The molecule has 1 saturated heterocycles. The summed E-state index contributed by atoms with van der Waals surface area (Å²) in [4.78, 5) is 4.22. The summed E-state index contributed by atoms with van der Waals surface area (Å²) in [6, 6.07) is 23.6. The molecule has 0 spiro atoms. The topological polar surface area (TPSA) is 122 Å². The van der Waals surface area contributed by atoms with E-state index in [1.807, 2.05) is 34.9 Å². The van der Waals surface area contributed by atoms with Gasteiger partial charge < -0.3 is 29.2 Å². The molecule has 1 fully saturated rings. The molecular formula is C34H33FN6O4. The Balaban J connectivity index is 1.07. The lowest BCUT2D eigenvalue weighted by molar-refractivity contribution is 0.0669.